The summed E-state index contributed by atoms with van der Waals surface area (Å²) in [6.07, 6.45) is 1.68. The molecule has 4 aromatic rings. The van der Waals surface area contributed by atoms with Crippen molar-refractivity contribution >= 4 is 34.1 Å². The minimum atomic E-state index is -0.301. The van der Waals surface area contributed by atoms with Gasteiger partial charge >= 0.3 is 5.69 Å². The zero-order valence-corrected chi connectivity index (χ0v) is 17.1. The number of hydrogen-bond acceptors (Lipinski definition) is 3. The molecule has 0 aliphatic rings. The highest BCUT2D eigenvalue weighted by atomic mass is 35.5. The van der Waals surface area contributed by atoms with E-state index in [0.717, 1.165) is 10.9 Å². The number of fused-ring (bicyclic) bond motifs is 3. The van der Waals surface area contributed by atoms with Gasteiger partial charge in [-0.2, -0.15) is 0 Å². The lowest BCUT2D eigenvalue weighted by atomic mass is 10.2. The average Bonchev–Trinajstić information content (AvgIpc) is 3.18. The maximum absolute atomic E-state index is 13.3. The third kappa shape index (κ3) is 3.29. The van der Waals surface area contributed by atoms with Crippen molar-refractivity contribution in [3.05, 3.63) is 70.2 Å². The quantitative estimate of drug-likeness (QED) is 0.504. The SMILES string of the molecule is CCN(CC)C(=O)Cn1c(=O)n2cc(-c3ccccc3Cl)nc2c2ccccc21. The fraction of sp³-hybridized carbons (Fsp3) is 0.227. The molecule has 0 saturated carbocycles. The smallest absolute Gasteiger partial charge is 0.334 e. The summed E-state index contributed by atoms with van der Waals surface area (Å²) in [4.78, 5) is 32.4. The molecule has 2 aromatic heterocycles. The van der Waals surface area contributed by atoms with E-state index in [9.17, 15) is 9.59 Å². The topological polar surface area (TPSA) is 59.6 Å². The predicted molar refractivity (Wildman–Crippen MR) is 115 cm³/mol. The third-order valence-electron chi connectivity index (χ3n) is 5.14. The molecule has 0 radical (unpaired) electrons. The molecule has 0 fully saturated rings. The second-order valence-corrected chi connectivity index (χ2v) is 7.16. The maximum atomic E-state index is 13.3. The standard InChI is InChI=1S/C22H21ClN4O2/c1-3-25(4-2)20(28)14-26-19-12-8-6-10-16(19)21-24-18(13-27(21)22(26)29)15-9-5-7-11-17(15)23/h5-13H,3-4,14H2,1-2H3. The van der Waals surface area contributed by atoms with Crippen LogP contribution in [0.15, 0.2) is 59.5 Å². The summed E-state index contributed by atoms with van der Waals surface area (Å²) < 4.78 is 3.01. The Balaban J connectivity index is 1.95. The summed E-state index contributed by atoms with van der Waals surface area (Å²) in [6, 6.07) is 14.9. The minimum absolute atomic E-state index is 0.0173. The molecule has 0 atom stereocenters. The first-order chi connectivity index (χ1) is 14.0. The molecule has 4 rings (SSSR count). The van der Waals surface area contributed by atoms with E-state index < -0.39 is 0 Å². The lowest BCUT2D eigenvalue weighted by Gasteiger charge is -2.20. The van der Waals surface area contributed by atoms with Crippen LogP contribution in [0.2, 0.25) is 5.02 Å². The van der Waals surface area contributed by atoms with Crippen molar-refractivity contribution in [2.24, 2.45) is 0 Å². The Morgan fingerprint density at radius 3 is 2.48 bits per heavy atom. The summed E-state index contributed by atoms with van der Waals surface area (Å²) in [5.41, 5.74) is 2.30. The van der Waals surface area contributed by atoms with E-state index in [0.29, 0.717) is 35.0 Å². The molecule has 7 heteroatoms. The van der Waals surface area contributed by atoms with Crippen LogP contribution < -0.4 is 5.69 Å². The van der Waals surface area contributed by atoms with Crippen LogP contribution in [-0.4, -0.2) is 37.8 Å². The van der Waals surface area contributed by atoms with Gasteiger partial charge in [0.15, 0.2) is 5.65 Å². The number of nitrogens with zero attached hydrogens (tertiary/aromatic N) is 4. The normalized spacial score (nSPS) is 11.3. The molecule has 0 N–H and O–H groups in total. The largest absolute Gasteiger partial charge is 0.342 e. The van der Waals surface area contributed by atoms with Crippen LogP contribution in [0.3, 0.4) is 0 Å². The van der Waals surface area contributed by atoms with E-state index in [1.807, 2.05) is 56.3 Å². The Bertz CT molecular complexity index is 1270. The van der Waals surface area contributed by atoms with E-state index in [4.69, 9.17) is 16.6 Å². The van der Waals surface area contributed by atoms with Gasteiger partial charge in [-0.3, -0.25) is 13.8 Å². The number of likely N-dealkylation sites (N-methyl/N-ethyl adjacent to an activating group) is 1. The van der Waals surface area contributed by atoms with Crippen LogP contribution in [0, 0.1) is 0 Å². The van der Waals surface area contributed by atoms with Gasteiger partial charge in [0.25, 0.3) is 0 Å². The molecule has 2 aromatic carbocycles. The summed E-state index contributed by atoms with van der Waals surface area (Å²) in [7, 11) is 0. The summed E-state index contributed by atoms with van der Waals surface area (Å²) >= 11 is 6.33. The first kappa shape index (κ1) is 19.2. The molecule has 0 aliphatic heterocycles. The second kappa shape index (κ2) is 7.72. The fourth-order valence-corrected chi connectivity index (χ4v) is 3.84. The molecule has 0 unspecified atom stereocenters. The number of benzene rings is 2. The van der Waals surface area contributed by atoms with Gasteiger partial charge < -0.3 is 4.90 Å². The van der Waals surface area contributed by atoms with Gasteiger partial charge in [0.05, 0.1) is 16.2 Å². The first-order valence-electron chi connectivity index (χ1n) is 9.58. The molecule has 0 aliphatic carbocycles. The molecule has 0 bridgehead atoms. The highest BCUT2D eigenvalue weighted by Crippen LogP contribution is 2.28. The predicted octanol–water partition coefficient (Wildman–Crippen LogP) is 3.84. The van der Waals surface area contributed by atoms with Crippen LogP contribution in [0.4, 0.5) is 0 Å². The van der Waals surface area contributed by atoms with Crippen molar-refractivity contribution in [3.63, 3.8) is 0 Å². The van der Waals surface area contributed by atoms with Gasteiger partial charge in [0, 0.05) is 30.2 Å². The number of halogens is 1. The summed E-state index contributed by atoms with van der Waals surface area (Å²) in [5, 5.41) is 1.37. The Kier molecular flexibility index (Phi) is 5.11. The van der Waals surface area contributed by atoms with E-state index in [2.05, 4.69) is 0 Å². The van der Waals surface area contributed by atoms with Gasteiger partial charge in [-0.05, 0) is 32.0 Å². The maximum Gasteiger partial charge on any atom is 0.334 e. The number of carbonyl (C=O) groups is 1. The van der Waals surface area contributed by atoms with Gasteiger partial charge in [-0.15, -0.1) is 0 Å². The molecule has 0 spiro atoms. The first-order valence-corrected chi connectivity index (χ1v) is 9.96. The Hall–Kier alpha value is -3.12. The number of rotatable bonds is 5. The lowest BCUT2D eigenvalue weighted by Crippen LogP contribution is -2.37. The lowest BCUT2D eigenvalue weighted by molar-refractivity contribution is -0.131. The number of aromatic nitrogens is 3. The van der Waals surface area contributed by atoms with Crippen molar-refractivity contribution in [2.75, 3.05) is 13.1 Å². The molecule has 2 heterocycles. The zero-order chi connectivity index (χ0) is 20.5. The average molecular weight is 409 g/mol. The second-order valence-electron chi connectivity index (χ2n) is 6.75. The van der Waals surface area contributed by atoms with Crippen molar-refractivity contribution in [3.8, 4) is 11.3 Å². The number of carbonyl (C=O) groups excluding carboxylic acids is 1. The van der Waals surface area contributed by atoms with E-state index >= 15 is 0 Å². The van der Waals surface area contributed by atoms with Crippen LogP contribution in [0.1, 0.15) is 13.8 Å². The number of hydrogen-bond donors (Lipinski definition) is 0. The van der Waals surface area contributed by atoms with Crippen molar-refractivity contribution in [2.45, 2.75) is 20.4 Å². The molecule has 0 saturated heterocycles. The fourth-order valence-electron chi connectivity index (χ4n) is 3.61. The number of para-hydroxylation sites is 1. The van der Waals surface area contributed by atoms with Gasteiger partial charge in [0.2, 0.25) is 5.91 Å². The Morgan fingerprint density at radius 2 is 1.76 bits per heavy atom. The molecular formula is C22H21ClN4O2. The third-order valence-corrected chi connectivity index (χ3v) is 5.47. The van der Waals surface area contributed by atoms with Gasteiger partial charge in [0.1, 0.15) is 6.54 Å². The molecule has 148 valence electrons. The van der Waals surface area contributed by atoms with Gasteiger partial charge in [-0.25, -0.2) is 9.78 Å². The highest BCUT2D eigenvalue weighted by molar-refractivity contribution is 6.33. The monoisotopic (exact) mass is 408 g/mol. The summed E-state index contributed by atoms with van der Waals surface area (Å²) in [5.74, 6) is -0.0898. The van der Waals surface area contributed by atoms with Crippen LogP contribution >= 0.6 is 11.6 Å². The Morgan fingerprint density at radius 1 is 1.07 bits per heavy atom. The van der Waals surface area contributed by atoms with Crippen LogP contribution in [-0.2, 0) is 11.3 Å². The van der Waals surface area contributed by atoms with E-state index in [1.54, 1.807) is 17.2 Å². The minimum Gasteiger partial charge on any atom is -0.342 e. The number of imidazole rings is 1. The highest BCUT2D eigenvalue weighted by Gasteiger charge is 2.18. The van der Waals surface area contributed by atoms with Crippen molar-refractivity contribution in [1.82, 2.24) is 18.9 Å². The van der Waals surface area contributed by atoms with Crippen LogP contribution in [0.5, 0.6) is 0 Å². The molecule has 29 heavy (non-hydrogen) atoms. The molecular weight excluding hydrogens is 388 g/mol. The summed E-state index contributed by atoms with van der Waals surface area (Å²) in [6.45, 7) is 5.04. The van der Waals surface area contributed by atoms with Crippen molar-refractivity contribution < 1.29 is 4.79 Å². The number of amides is 1. The Labute approximate surface area is 173 Å². The van der Waals surface area contributed by atoms with Crippen molar-refractivity contribution in [1.29, 1.82) is 0 Å². The van der Waals surface area contributed by atoms with E-state index in [-0.39, 0.29) is 18.1 Å². The zero-order valence-electron chi connectivity index (χ0n) is 16.3. The van der Waals surface area contributed by atoms with E-state index in [1.165, 1.54) is 8.97 Å². The molecule has 6 nitrogen and oxygen atoms in total. The van der Waals surface area contributed by atoms with Crippen LogP contribution in [0.25, 0.3) is 27.8 Å². The molecule has 1 amide bonds. The van der Waals surface area contributed by atoms with Gasteiger partial charge in [-0.1, -0.05) is 41.9 Å².